The van der Waals surface area contributed by atoms with E-state index in [1.165, 1.54) is 20.6 Å². The molecule has 2 N–H and O–H groups in total. The summed E-state index contributed by atoms with van der Waals surface area (Å²) >= 11 is 5.44. The van der Waals surface area contributed by atoms with Crippen LogP contribution in [-0.2, 0) is 4.74 Å². The first-order valence-corrected chi connectivity index (χ1v) is 8.35. The summed E-state index contributed by atoms with van der Waals surface area (Å²) in [5.74, 6) is 0. The lowest BCUT2D eigenvalue weighted by atomic mass is 9.93. The van der Waals surface area contributed by atoms with E-state index >= 15 is 0 Å². The third-order valence-corrected chi connectivity index (χ3v) is 6.29. The molecule has 1 aromatic heterocycles. The normalized spacial score (nSPS) is 26.6. The van der Waals surface area contributed by atoms with E-state index in [2.05, 4.69) is 40.7 Å². The molecule has 0 spiro atoms. The van der Waals surface area contributed by atoms with Crippen molar-refractivity contribution in [3.63, 3.8) is 0 Å². The summed E-state index contributed by atoms with van der Waals surface area (Å²) in [4.78, 5) is 5.15. The van der Waals surface area contributed by atoms with Gasteiger partial charge in [0, 0.05) is 34.4 Å². The van der Waals surface area contributed by atoms with Gasteiger partial charge in [-0.1, -0.05) is 0 Å². The Kier molecular flexibility index (Phi) is 5.06. The number of halogens is 1. The highest BCUT2D eigenvalue weighted by Gasteiger charge is 2.34. The van der Waals surface area contributed by atoms with Crippen molar-refractivity contribution in [3.05, 3.63) is 20.3 Å². The Morgan fingerprint density at radius 1 is 1.63 bits per heavy atom. The number of piperidine rings is 1. The molecular weight excluding hydrogens is 324 g/mol. The maximum atomic E-state index is 6.03. The molecule has 5 heteroatoms. The molecule has 1 saturated heterocycles. The summed E-state index contributed by atoms with van der Waals surface area (Å²) in [7, 11) is 1.81. The number of ether oxygens (including phenoxy) is 1. The van der Waals surface area contributed by atoms with Gasteiger partial charge in [0.15, 0.2) is 0 Å². The van der Waals surface area contributed by atoms with Gasteiger partial charge in [-0.25, -0.2) is 0 Å². The second-order valence-corrected chi connectivity index (χ2v) is 7.67. The van der Waals surface area contributed by atoms with Crippen LogP contribution in [0.15, 0.2) is 10.5 Å². The summed E-state index contributed by atoms with van der Waals surface area (Å²) in [5.41, 5.74) is 6.00. The zero-order valence-corrected chi connectivity index (χ0v) is 14.3. The van der Waals surface area contributed by atoms with E-state index in [0.29, 0.717) is 12.6 Å². The van der Waals surface area contributed by atoms with Crippen molar-refractivity contribution in [2.24, 2.45) is 5.73 Å². The predicted octanol–water partition coefficient (Wildman–Crippen LogP) is 3.32. The van der Waals surface area contributed by atoms with Gasteiger partial charge in [-0.2, -0.15) is 0 Å². The molecule has 2 rings (SSSR count). The highest BCUT2D eigenvalue weighted by atomic mass is 79.9. The van der Waals surface area contributed by atoms with E-state index in [1.807, 2.05) is 18.4 Å². The molecule has 108 valence electrons. The second-order valence-electron chi connectivity index (χ2n) is 5.53. The van der Waals surface area contributed by atoms with E-state index in [9.17, 15) is 0 Å². The number of hydrogen-bond acceptors (Lipinski definition) is 4. The fourth-order valence-corrected chi connectivity index (χ4v) is 4.48. The quantitative estimate of drug-likeness (QED) is 0.908. The molecule has 1 aliphatic heterocycles. The minimum atomic E-state index is -0.0325. The summed E-state index contributed by atoms with van der Waals surface area (Å²) in [6, 6.07) is 2.53. The average molecular weight is 347 g/mol. The van der Waals surface area contributed by atoms with Gasteiger partial charge in [0.1, 0.15) is 0 Å². The van der Waals surface area contributed by atoms with Gasteiger partial charge in [0.25, 0.3) is 0 Å². The fraction of sp³-hybridized carbons (Fsp3) is 0.714. The zero-order chi connectivity index (χ0) is 14.0. The number of nitrogens with zero attached hydrogens (tertiary/aromatic N) is 1. The SMILES string of the molecule is COC1(C)CCCN(C(CN)c2cc(Br)c(C)s2)C1. The summed E-state index contributed by atoms with van der Waals surface area (Å²) in [6.07, 6.45) is 2.30. The molecule has 1 aliphatic rings. The first kappa shape index (κ1) is 15.4. The molecule has 0 saturated carbocycles. The van der Waals surface area contributed by atoms with Crippen LogP contribution in [0.3, 0.4) is 0 Å². The first-order valence-electron chi connectivity index (χ1n) is 6.74. The second kappa shape index (κ2) is 6.22. The van der Waals surface area contributed by atoms with E-state index in [-0.39, 0.29) is 5.60 Å². The predicted molar refractivity (Wildman–Crippen MR) is 84.8 cm³/mol. The van der Waals surface area contributed by atoms with Gasteiger partial charge in [-0.05, 0) is 55.2 Å². The van der Waals surface area contributed by atoms with Gasteiger partial charge in [0.2, 0.25) is 0 Å². The van der Waals surface area contributed by atoms with E-state index in [0.717, 1.165) is 19.5 Å². The summed E-state index contributed by atoms with van der Waals surface area (Å²) in [6.45, 7) is 7.06. The Balaban J connectivity index is 2.17. The summed E-state index contributed by atoms with van der Waals surface area (Å²) < 4.78 is 6.87. The fourth-order valence-electron chi connectivity index (χ4n) is 2.77. The molecule has 2 atom stereocenters. The number of thiophene rings is 1. The van der Waals surface area contributed by atoms with Crippen molar-refractivity contribution in [1.82, 2.24) is 4.90 Å². The Morgan fingerprint density at radius 2 is 2.37 bits per heavy atom. The molecule has 2 heterocycles. The van der Waals surface area contributed by atoms with Crippen molar-refractivity contribution in [1.29, 1.82) is 0 Å². The van der Waals surface area contributed by atoms with Crippen LogP contribution in [0.1, 0.15) is 35.6 Å². The molecule has 1 aromatic rings. The molecule has 3 nitrogen and oxygen atoms in total. The van der Waals surface area contributed by atoms with Gasteiger partial charge in [-0.15, -0.1) is 11.3 Å². The van der Waals surface area contributed by atoms with Crippen LogP contribution in [0.5, 0.6) is 0 Å². The number of aryl methyl sites for hydroxylation is 1. The third kappa shape index (κ3) is 3.39. The molecular formula is C14H23BrN2OS. The molecule has 0 amide bonds. The van der Waals surface area contributed by atoms with Crippen LogP contribution in [0.25, 0.3) is 0 Å². The smallest absolute Gasteiger partial charge is 0.0777 e. The highest BCUT2D eigenvalue weighted by Crippen LogP contribution is 2.36. The molecule has 0 aliphatic carbocycles. The number of methoxy groups -OCH3 is 1. The minimum absolute atomic E-state index is 0.0325. The van der Waals surface area contributed by atoms with Crippen molar-refractivity contribution in [3.8, 4) is 0 Å². The lowest BCUT2D eigenvalue weighted by Gasteiger charge is -2.42. The lowest BCUT2D eigenvalue weighted by Crippen LogP contribution is -2.49. The number of nitrogens with two attached hydrogens (primary N) is 1. The Labute approximate surface area is 128 Å². The van der Waals surface area contributed by atoms with Crippen molar-refractivity contribution in [2.45, 2.75) is 38.3 Å². The average Bonchev–Trinajstić information content (AvgIpc) is 2.70. The van der Waals surface area contributed by atoms with Gasteiger partial charge in [-0.3, -0.25) is 4.90 Å². The van der Waals surface area contributed by atoms with Gasteiger partial charge >= 0.3 is 0 Å². The first-order chi connectivity index (χ1) is 8.99. The number of rotatable bonds is 4. The maximum absolute atomic E-state index is 6.03. The van der Waals surface area contributed by atoms with E-state index in [4.69, 9.17) is 10.5 Å². The molecule has 1 fully saturated rings. The van der Waals surface area contributed by atoms with Crippen molar-refractivity contribution < 1.29 is 4.74 Å². The van der Waals surface area contributed by atoms with Crippen LogP contribution in [0, 0.1) is 6.92 Å². The van der Waals surface area contributed by atoms with Crippen LogP contribution in [0.4, 0.5) is 0 Å². The van der Waals surface area contributed by atoms with Crippen molar-refractivity contribution in [2.75, 3.05) is 26.7 Å². The van der Waals surface area contributed by atoms with Gasteiger partial charge < -0.3 is 10.5 Å². The number of hydrogen-bond donors (Lipinski definition) is 1. The minimum Gasteiger partial charge on any atom is -0.377 e. The van der Waals surface area contributed by atoms with E-state index in [1.54, 1.807) is 0 Å². The van der Waals surface area contributed by atoms with Crippen LogP contribution < -0.4 is 5.73 Å². The monoisotopic (exact) mass is 346 g/mol. The molecule has 2 unspecified atom stereocenters. The van der Waals surface area contributed by atoms with Crippen LogP contribution >= 0.6 is 27.3 Å². The molecule has 0 radical (unpaired) electrons. The number of likely N-dealkylation sites (tertiary alicyclic amines) is 1. The van der Waals surface area contributed by atoms with Gasteiger partial charge in [0.05, 0.1) is 11.6 Å². The summed E-state index contributed by atoms with van der Waals surface area (Å²) in [5, 5.41) is 0. The Bertz CT molecular complexity index is 418. The van der Waals surface area contributed by atoms with Crippen LogP contribution in [0.2, 0.25) is 0 Å². The highest BCUT2D eigenvalue weighted by molar-refractivity contribution is 9.10. The van der Waals surface area contributed by atoms with Crippen LogP contribution in [-0.4, -0.2) is 37.2 Å². The van der Waals surface area contributed by atoms with Crippen molar-refractivity contribution >= 4 is 27.3 Å². The maximum Gasteiger partial charge on any atom is 0.0777 e. The Hall–Kier alpha value is 0.0600. The lowest BCUT2D eigenvalue weighted by molar-refractivity contribution is -0.0605. The molecule has 0 aromatic carbocycles. The largest absolute Gasteiger partial charge is 0.377 e. The molecule has 0 bridgehead atoms. The third-order valence-electron chi connectivity index (χ3n) is 4.05. The zero-order valence-electron chi connectivity index (χ0n) is 11.9. The standard InChI is InChI=1S/C14H23BrN2OS/c1-10-11(15)7-13(19-10)12(8-16)17-6-4-5-14(2,9-17)18-3/h7,12H,4-6,8-9,16H2,1-3H3. The topological polar surface area (TPSA) is 38.5 Å². The van der Waals surface area contributed by atoms with E-state index < -0.39 is 0 Å². The molecule has 19 heavy (non-hydrogen) atoms. The Morgan fingerprint density at radius 3 is 2.89 bits per heavy atom.